The molecule has 1 amide bonds. The SMILES string of the molecule is Cc1csc(C(=O)N2CC[C@@H](c3ccccc3F)S(=O)(=O)CC2)c1. The molecule has 7 heteroatoms. The molecule has 2 heterocycles. The number of thiophene rings is 1. The highest BCUT2D eigenvalue weighted by Gasteiger charge is 2.34. The van der Waals surface area contributed by atoms with Crippen LogP contribution in [0.2, 0.25) is 0 Å². The van der Waals surface area contributed by atoms with Crippen molar-refractivity contribution < 1.29 is 17.6 Å². The fraction of sp³-hybridized carbons (Fsp3) is 0.353. The lowest BCUT2D eigenvalue weighted by Crippen LogP contribution is -2.33. The maximum absolute atomic E-state index is 14.0. The lowest BCUT2D eigenvalue weighted by atomic mass is 10.1. The number of rotatable bonds is 2. The van der Waals surface area contributed by atoms with E-state index >= 15 is 0 Å². The number of hydrogen-bond donors (Lipinski definition) is 0. The molecule has 1 fully saturated rings. The number of carbonyl (C=O) groups is 1. The van der Waals surface area contributed by atoms with Crippen LogP contribution in [0.4, 0.5) is 4.39 Å². The number of nitrogens with zero attached hydrogens (tertiary/aromatic N) is 1. The first kappa shape index (κ1) is 17.1. The summed E-state index contributed by atoms with van der Waals surface area (Å²) >= 11 is 1.36. The van der Waals surface area contributed by atoms with Crippen LogP contribution in [0.15, 0.2) is 35.7 Å². The van der Waals surface area contributed by atoms with Crippen molar-refractivity contribution in [3.63, 3.8) is 0 Å². The van der Waals surface area contributed by atoms with E-state index in [1.165, 1.54) is 29.5 Å². The fourth-order valence-corrected chi connectivity index (χ4v) is 5.60. The van der Waals surface area contributed by atoms with Crippen LogP contribution in [0, 0.1) is 12.7 Å². The van der Waals surface area contributed by atoms with Crippen LogP contribution >= 0.6 is 11.3 Å². The van der Waals surface area contributed by atoms with E-state index < -0.39 is 20.9 Å². The Morgan fingerprint density at radius 2 is 2.04 bits per heavy atom. The van der Waals surface area contributed by atoms with E-state index in [1.807, 2.05) is 12.3 Å². The fourth-order valence-electron chi connectivity index (χ4n) is 2.93. The molecule has 1 aliphatic heterocycles. The van der Waals surface area contributed by atoms with Crippen LogP contribution in [0.25, 0.3) is 0 Å². The molecule has 0 bridgehead atoms. The van der Waals surface area contributed by atoms with Crippen LogP contribution < -0.4 is 0 Å². The first-order valence-corrected chi connectivity index (χ1v) is 10.3. The summed E-state index contributed by atoms with van der Waals surface area (Å²) in [5.74, 6) is -0.820. The Morgan fingerprint density at radius 1 is 1.29 bits per heavy atom. The summed E-state index contributed by atoms with van der Waals surface area (Å²) in [6.45, 7) is 2.35. The summed E-state index contributed by atoms with van der Waals surface area (Å²) in [6, 6.07) is 7.76. The van der Waals surface area contributed by atoms with Gasteiger partial charge < -0.3 is 4.90 Å². The Morgan fingerprint density at radius 3 is 2.71 bits per heavy atom. The van der Waals surface area contributed by atoms with Gasteiger partial charge in [0, 0.05) is 18.7 Å². The topological polar surface area (TPSA) is 54.5 Å². The number of halogens is 1. The minimum Gasteiger partial charge on any atom is -0.337 e. The van der Waals surface area contributed by atoms with Crippen LogP contribution in [0.1, 0.15) is 32.5 Å². The van der Waals surface area contributed by atoms with Gasteiger partial charge in [0.05, 0.1) is 15.9 Å². The third-order valence-corrected chi connectivity index (χ3v) is 7.37. The van der Waals surface area contributed by atoms with Crippen LogP contribution in [0.3, 0.4) is 0 Å². The lowest BCUT2D eigenvalue weighted by molar-refractivity contribution is 0.0771. The first-order valence-electron chi connectivity index (χ1n) is 7.69. The van der Waals surface area contributed by atoms with Gasteiger partial charge in [0.15, 0.2) is 9.84 Å². The molecule has 1 atom stereocenters. The standard InChI is InChI=1S/C17H18FNO3S2/c1-12-10-15(23-11-12)17(20)19-7-6-16(24(21,22)9-8-19)13-4-2-3-5-14(13)18/h2-5,10-11,16H,6-9H2,1H3/t16-/m0/s1. The number of hydrogen-bond acceptors (Lipinski definition) is 4. The molecule has 0 spiro atoms. The van der Waals surface area contributed by atoms with Crippen molar-refractivity contribution in [1.82, 2.24) is 4.90 Å². The molecule has 0 unspecified atom stereocenters. The number of sulfone groups is 1. The van der Waals surface area contributed by atoms with E-state index in [4.69, 9.17) is 0 Å². The number of amides is 1. The van der Waals surface area contributed by atoms with Crippen LogP contribution in [0.5, 0.6) is 0 Å². The summed E-state index contributed by atoms with van der Waals surface area (Å²) in [7, 11) is -3.51. The maximum atomic E-state index is 14.0. The summed E-state index contributed by atoms with van der Waals surface area (Å²) in [5.41, 5.74) is 1.20. The average molecular weight is 367 g/mol. The second-order valence-corrected chi connectivity index (χ2v) is 9.16. The molecule has 1 aromatic carbocycles. The highest BCUT2D eigenvalue weighted by molar-refractivity contribution is 7.91. The van der Waals surface area contributed by atoms with Gasteiger partial charge in [-0.25, -0.2) is 12.8 Å². The number of benzene rings is 1. The maximum Gasteiger partial charge on any atom is 0.263 e. The normalized spacial score (nSPS) is 20.6. The van der Waals surface area contributed by atoms with E-state index in [0.29, 0.717) is 11.4 Å². The second kappa shape index (κ2) is 6.64. The number of carbonyl (C=O) groups excluding carboxylic acids is 1. The Kier molecular flexibility index (Phi) is 4.73. The summed E-state index contributed by atoms with van der Waals surface area (Å²) < 4.78 is 39.2. The van der Waals surface area contributed by atoms with Gasteiger partial charge in [0.25, 0.3) is 5.91 Å². The van der Waals surface area contributed by atoms with E-state index in [1.54, 1.807) is 17.0 Å². The molecule has 2 aromatic rings. The molecule has 0 saturated carbocycles. The zero-order valence-electron chi connectivity index (χ0n) is 13.2. The van der Waals surface area contributed by atoms with Gasteiger partial charge in [-0.05, 0) is 36.4 Å². The number of aryl methyl sites for hydroxylation is 1. The molecule has 1 saturated heterocycles. The summed E-state index contributed by atoms with van der Waals surface area (Å²) in [5, 5.41) is 0.991. The Labute approximate surface area is 144 Å². The van der Waals surface area contributed by atoms with E-state index in [0.717, 1.165) is 5.56 Å². The molecule has 4 nitrogen and oxygen atoms in total. The van der Waals surface area contributed by atoms with Crippen molar-refractivity contribution in [3.05, 3.63) is 57.5 Å². The minimum atomic E-state index is -3.51. The second-order valence-electron chi connectivity index (χ2n) is 5.95. The average Bonchev–Trinajstić information content (AvgIpc) is 2.90. The van der Waals surface area contributed by atoms with Gasteiger partial charge in [-0.1, -0.05) is 18.2 Å². The quantitative estimate of drug-likeness (QED) is 0.819. The van der Waals surface area contributed by atoms with Crippen molar-refractivity contribution in [2.75, 3.05) is 18.8 Å². The largest absolute Gasteiger partial charge is 0.337 e. The first-order chi connectivity index (χ1) is 11.4. The van der Waals surface area contributed by atoms with Gasteiger partial charge in [-0.2, -0.15) is 0 Å². The Hall–Kier alpha value is -1.73. The van der Waals surface area contributed by atoms with Crippen molar-refractivity contribution in [2.45, 2.75) is 18.6 Å². The minimum absolute atomic E-state index is 0.142. The molecule has 24 heavy (non-hydrogen) atoms. The summed E-state index contributed by atoms with van der Waals surface area (Å²) in [4.78, 5) is 14.7. The van der Waals surface area contributed by atoms with Crippen LogP contribution in [-0.2, 0) is 9.84 Å². The van der Waals surface area contributed by atoms with Gasteiger partial charge in [0.2, 0.25) is 0 Å². The van der Waals surface area contributed by atoms with Gasteiger partial charge in [-0.15, -0.1) is 11.3 Å². The van der Waals surface area contributed by atoms with Crippen molar-refractivity contribution in [2.24, 2.45) is 0 Å². The van der Waals surface area contributed by atoms with E-state index in [-0.39, 0.29) is 30.2 Å². The Bertz CT molecular complexity index is 860. The van der Waals surface area contributed by atoms with Gasteiger partial charge >= 0.3 is 0 Å². The highest BCUT2D eigenvalue weighted by Crippen LogP contribution is 2.31. The predicted molar refractivity (Wildman–Crippen MR) is 92.5 cm³/mol. The highest BCUT2D eigenvalue weighted by atomic mass is 32.2. The molecule has 3 rings (SSSR count). The molecule has 0 radical (unpaired) electrons. The smallest absolute Gasteiger partial charge is 0.263 e. The zero-order valence-corrected chi connectivity index (χ0v) is 14.9. The monoisotopic (exact) mass is 367 g/mol. The third kappa shape index (κ3) is 3.37. The van der Waals surface area contributed by atoms with Gasteiger partial charge in [0.1, 0.15) is 5.82 Å². The van der Waals surface area contributed by atoms with Crippen LogP contribution in [-0.4, -0.2) is 38.1 Å². The van der Waals surface area contributed by atoms with E-state index in [9.17, 15) is 17.6 Å². The molecule has 1 aromatic heterocycles. The molecular formula is C17H18FNO3S2. The molecule has 128 valence electrons. The van der Waals surface area contributed by atoms with Gasteiger partial charge in [-0.3, -0.25) is 4.79 Å². The van der Waals surface area contributed by atoms with Crippen molar-refractivity contribution in [3.8, 4) is 0 Å². The Balaban J connectivity index is 1.85. The lowest BCUT2D eigenvalue weighted by Gasteiger charge is -2.19. The molecule has 1 aliphatic rings. The van der Waals surface area contributed by atoms with Crippen molar-refractivity contribution >= 4 is 27.1 Å². The molecule has 0 aliphatic carbocycles. The molecule has 0 N–H and O–H groups in total. The predicted octanol–water partition coefficient (Wildman–Crippen LogP) is 3.20. The zero-order chi connectivity index (χ0) is 17.3. The van der Waals surface area contributed by atoms with E-state index in [2.05, 4.69) is 0 Å². The summed E-state index contributed by atoms with van der Waals surface area (Å²) in [6.07, 6.45) is 0.208. The molecular weight excluding hydrogens is 349 g/mol. The van der Waals surface area contributed by atoms with Crippen molar-refractivity contribution in [1.29, 1.82) is 0 Å². The third-order valence-electron chi connectivity index (χ3n) is 4.22.